The van der Waals surface area contributed by atoms with E-state index in [0.717, 1.165) is 0 Å². The lowest BCUT2D eigenvalue weighted by atomic mass is 10.4. The Balaban J connectivity index is 3.45. The number of hydrogen-bond acceptors (Lipinski definition) is 3. The number of rotatable bonds is 5. The van der Waals surface area contributed by atoms with Crippen LogP contribution in [0, 0.1) is 0 Å². The van der Waals surface area contributed by atoms with Crippen LogP contribution in [0.25, 0.3) is 0 Å². The normalized spacial score (nSPS) is 11.7. The van der Waals surface area contributed by atoms with Crippen molar-refractivity contribution in [2.75, 3.05) is 19.0 Å². The zero-order chi connectivity index (χ0) is 9.61. The van der Waals surface area contributed by atoms with Crippen LogP contribution in [0.15, 0.2) is 0 Å². The topological polar surface area (TPSA) is 26.3 Å². The Kier molecular flexibility index (Phi) is 5.41. The van der Waals surface area contributed by atoms with Gasteiger partial charge >= 0.3 is 5.92 Å². The van der Waals surface area contributed by atoms with E-state index >= 15 is 0 Å². The van der Waals surface area contributed by atoms with Crippen LogP contribution in [0.2, 0.25) is 0 Å². The third kappa shape index (κ3) is 5.49. The van der Waals surface area contributed by atoms with Gasteiger partial charge in [0.05, 0.1) is 6.61 Å². The van der Waals surface area contributed by atoms with Gasteiger partial charge in [0.25, 0.3) is 5.12 Å². The molecule has 0 unspecified atom stereocenters. The molecule has 0 saturated carbocycles. The van der Waals surface area contributed by atoms with Crippen molar-refractivity contribution in [1.82, 2.24) is 0 Å². The fourth-order valence-electron chi connectivity index (χ4n) is 0.464. The number of ether oxygens (including phenoxy) is 1. The molecule has 0 N–H and O–H groups in total. The maximum atomic E-state index is 12.2. The number of thioether (sulfide) groups is 1. The standard InChI is InChI=1S/C7H12F2O2S/c1-3-11-4-5-12-6(10)7(2,8)9/h3-5H2,1-2H3. The summed E-state index contributed by atoms with van der Waals surface area (Å²) in [5.41, 5.74) is 0. The van der Waals surface area contributed by atoms with Crippen molar-refractivity contribution in [2.45, 2.75) is 19.8 Å². The van der Waals surface area contributed by atoms with Crippen LogP contribution in [0.5, 0.6) is 0 Å². The van der Waals surface area contributed by atoms with Crippen LogP contribution in [-0.2, 0) is 9.53 Å². The Bertz CT molecular complexity index is 145. The molecule has 0 fully saturated rings. The summed E-state index contributed by atoms with van der Waals surface area (Å²) in [5, 5.41) is -1.10. The molecule has 0 amide bonds. The quantitative estimate of drug-likeness (QED) is 0.631. The molecule has 0 heterocycles. The van der Waals surface area contributed by atoms with Crippen LogP contribution in [0.1, 0.15) is 13.8 Å². The predicted molar refractivity (Wildman–Crippen MR) is 44.6 cm³/mol. The Labute approximate surface area is 74.7 Å². The molecular formula is C7H12F2O2S. The van der Waals surface area contributed by atoms with Crippen molar-refractivity contribution in [3.8, 4) is 0 Å². The molecule has 0 saturated heterocycles. The van der Waals surface area contributed by atoms with Crippen LogP contribution in [-0.4, -0.2) is 30.0 Å². The van der Waals surface area contributed by atoms with Gasteiger partial charge in [-0.1, -0.05) is 11.8 Å². The molecule has 12 heavy (non-hydrogen) atoms. The van der Waals surface area contributed by atoms with Crippen molar-refractivity contribution >= 4 is 16.9 Å². The SMILES string of the molecule is CCOCCSC(=O)C(C)(F)F. The molecule has 0 aromatic rings. The molecule has 0 bridgehead atoms. The van der Waals surface area contributed by atoms with Crippen molar-refractivity contribution in [1.29, 1.82) is 0 Å². The highest BCUT2D eigenvalue weighted by atomic mass is 32.2. The zero-order valence-electron chi connectivity index (χ0n) is 7.10. The third-order valence-electron chi connectivity index (χ3n) is 1.02. The van der Waals surface area contributed by atoms with Gasteiger partial charge in [-0.25, -0.2) is 0 Å². The molecule has 0 aliphatic carbocycles. The Morgan fingerprint density at radius 1 is 1.58 bits per heavy atom. The van der Waals surface area contributed by atoms with Gasteiger partial charge in [-0.2, -0.15) is 8.78 Å². The highest BCUT2D eigenvalue weighted by molar-refractivity contribution is 8.13. The van der Waals surface area contributed by atoms with Crippen molar-refractivity contribution in [3.63, 3.8) is 0 Å². The van der Waals surface area contributed by atoms with Crippen LogP contribution < -0.4 is 0 Å². The molecule has 0 aliphatic heterocycles. The van der Waals surface area contributed by atoms with E-state index in [1.165, 1.54) is 0 Å². The largest absolute Gasteiger partial charge is 0.381 e. The number of alkyl halides is 2. The third-order valence-corrected chi connectivity index (χ3v) is 2.01. The first-order valence-corrected chi connectivity index (χ1v) is 4.59. The average molecular weight is 198 g/mol. The summed E-state index contributed by atoms with van der Waals surface area (Å²) < 4.78 is 29.3. The van der Waals surface area contributed by atoms with E-state index in [2.05, 4.69) is 0 Å². The zero-order valence-corrected chi connectivity index (χ0v) is 7.92. The fourth-order valence-corrected chi connectivity index (χ4v) is 1.10. The van der Waals surface area contributed by atoms with E-state index in [0.29, 0.717) is 31.9 Å². The monoisotopic (exact) mass is 198 g/mol. The molecule has 0 aromatic carbocycles. The van der Waals surface area contributed by atoms with Gasteiger partial charge in [0.15, 0.2) is 0 Å². The van der Waals surface area contributed by atoms with Crippen molar-refractivity contribution < 1.29 is 18.3 Å². The predicted octanol–water partition coefficient (Wildman–Crippen LogP) is 1.94. The molecule has 0 aromatic heterocycles. The van der Waals surface area contributed by atoms with Gasteiger partial charge in [0, 0.05) is 19.3 Å². The lowest BCUT2D eigenvalue weighted by Crippen LogP contribution is -2.21. The first-order chi connectivity index (χ1) is 5.48. The number of halogens is 2. The maximum Gasteiger partial charge on any atom is 0.312 e. The second-order valence-corrected chi connectivity index (χ2v) is 3.29. The lowest BCUT2D eigenvalue weighted by Gasteiger charge is -2.07. The minimum Gasteiger partial charge on any atom is -0.381 e. The second-order valence-electron chi connectivity index (χ2n) is 2.22. The van der Waals surface area contributed by atoms with Gasteiger partial charge in [-0.05, 0) is 6.92 Å². The summed E-state index contributed by atoms with van der Waals surface area (Å²) in [6, 6.07) is 0. The first-order valence-electron chi connectivity index (χ1n) is 3.61. The van der Waals surface area contributed by atoms with Gasteiger partial charge < -0.3 is 4.74 Å². The van der Waals surface area contributed by atoms with Crippen LogP contribution in [0.3, 0.4) is 0 Å². The number of hydrogen-bond donors (Lipinski definition) is 0. The Morgan fingerprint density at radius 2 is 2.17 bits per heavy atom. The Morgan fingerprint density at radius 3 is 2.58 bits per heavy atom. The van der Waals surface area contributed by atoms with Crippen LogP contribution in [0.4, 0.5) is 8.78 Å². The summed E-state index contributed by atoms with van der Waals surface area (Å²) >= 11 is 0.609. The number of carbonyl (C=O) groups is 1. The number of carbonyl (C=O) groups excluding carboxylic acids is 1. The average Bonchev–Trinajstić information content (AvgIpc) is 1.96. The van der Waals surface area contributed by atoms with Gasteiger partial charge in [-0.3, -0.25) is 4.79 Å². The van der Waals surface area contributed by atoms with Crippen molar-refractivity contribution in [3.05, 3.63) is 0 Å². The van der Waals surface area contributed by atoms with E-state index in [9.17, 15) is 13.6 Å². The molecule has 0 spiro atoms. The molecular weight excluding hydrogens is 186 g/mol. The first kappa shape index (κ1) is 11.8. The van der Waals surface area contributed by atoms with E-state index in [1.807, 2.05) is 0 Å². The fraction of sp³-hybridized carbons (Fsp3) is 0.857. The summed E-state index contributed by atoms with van der Waals surface area (Å²) in [7, 11) is 0. The maximum absolute atomic E-state index is 12.2. The molecule has 72 valence electrons. The highest BCUT2D eigenvalue weighted by Gasteiger charge is 2.31. The second kappa shape index (κ2) is 5.48. The van der Waals surface area contributed by atoms with Gasteiger partial charge in [-0.15, -0.1) is 0 Å². The van der Waals surface area contributed by atoms with E-state index in [4.69, 9.17) is 4.74 Å². The minimum atomic E-state index is -3.23. The molecule has 0 rings (SSSR count). The summed E-state index contributed by atoms with van der Waals surface area (Å²) in [5.74, 6) is -2.94. The van der Waals surface area contributed by atoms with E-state index < -0.39 is 11.0 Å². The summed E-state index contributed by atoms with van der Waals surface area (Å²) in [4.78, 5) is 10.6. The molecule has 0 atom stereocenters. The molecule has 2 nitrogen and oxygen atoms in total. The smallest absolute Gasteiger partial charge is 0.312 e. The Hall–Kier alpha value is -0.160. The molecule has 5 heteroatoms. The van der Waals surface area contributed by atoms with Crippen molar-refractivity contribution in [2.24, 2.45) is 0 Å². The van der Waals surface area contributed by atoms with Gasteiger partial charge in [0.1, 0.15) is 0 Å². The van der Waals surface area contributed by atoms with E-state index in [-0.39, 0.29) is 5.75 Å². The highest BCUT2D eigenvalue weighted by Crippen LogP contribution is 2.20. The summed E-state index contributed by atoms with van der Waals surface area (Å²) in [6.07, 6.45) is 0. The lowest BCUT2D eigenvalue weighted by molar-refractivity contribution is -0.130. The van der Waals surface area contributed by atoms with Crippen LogP contribution >= 0.6 is 11.8 Å². The molecule has 0 radical (unpaired) electrons. The van der Waals surface area contributed by atoms with Gasteiger partial charge in [0.2, 0.25) is 0 Å². The van der Waals surface area contributed by atoms with E-state index in [1.54, 1.807) is 6.92 Å². The molecule has 0 aliphatic rings. The minimum absolute atomic E-state index is 0.288. The summed E-state index contributed by atoms with van der Waals surface area (Å²) in [6.45, 7) is 3.28.